The topological polar surface area (TPSA) is 66.5 Å². The van der Waals surface area contributed by atoms with E-state index in [1.54, 1.807) is 12.1 Å². The lowest BCUT2D eigenvalue weighted by atomic mass is 10.0. The highest BCUT2D eigenvalue weighted by Gasteiger charge is 2.32. The number of aryl methyl sites for hydroxylation is 2. The second-order valence-corrected chi connectivity index (χ2v) is 10.9. The van der Waals surface area contributed by atoms with Crippen LogP contribution in [0, 0.1) is 13.8 Å². The van der Waals surface area contributed by atoms with Crippen LogP contribution in [0.15, 0.2) is 47.4 Å². The molecule has 156 valence electrons. The Kier molecular flexibility index (Phi) is 5.20. The highest BCUT2D eigenvalue weighted by Crippen LogP contribution is 2.44. The van der Waals surface area contributed by atoms with Crippen molar-refractivity contribution in [2.75, 3.05) is 19.0 Å². The maximum atomic E-state index is 12.8. The van der Waals surface area contributed by atoms with Gasteiger partial charge < -0.3 is 10.2 Å². The molecule has 0 saturated carbocycles. The van der Waals surface area contributed by atoms with Crippen molar-refractivity contribution in [2.45, 2.75) is 31.0 Å². The van der Waals surface area contributed by atoms with Crippen LogP contribution in [-0.2, 0) is 22.1 Å². The smallest absolute Gasteiger partial charge is 0.261 e. The number of benzene rings is 2. The molecule has 1 aliphatic heterocycles. The van der Waals surface area contributed by atoms with E-state index in [1.807, 2.05) is 63.2 Å². The summed E-state index contributed by atoms with van der Waals surface area (Å²) in [5.74, 6) is -0.247. The summed E-state index contributed by atoms with van der Waals surface area (Å²) in [6.07, 6.45) is 0. The molecule has 0 atom stereocenters. The van der Waals surface area contributed by atoms with E-state index in [0.717, 1.165) is 32.8 Å². The number of hydrogen-bond acceptors (Lipinski definition) is 5. The minimum atomic E-state index is -3.41. The lowest BCUT2D eigenvalue weighted by Gasteiger charge is -2.19. The summed E-state index contributed by atoms with van der Waals surface area (Å²) < 4.78 is 25.6. The maximum absolute atomic E-state index is 12.8. The third-order valence-electron chi connectivity index (χ3n) is 5.29. The summed E-state index contributed by atoms with van der Waals surface area (Å²) in [5.41, 5.74) is 5.40. The van der Waals surface area contributed by atoms with Crippen LogP contribution in [0.4, 0.5) is 5.69 Å². The van der Waals surface area contributed by atoms with Crippen LogP contribution < -0.4 is 10.2 Å². The first kappa shape index (κ1) is 20.6. The van der Waals surface area contributed by atoms with Crippen molar-refractivity contribution in [1.82, 2.24) is 5.32 Å². The van der Waals surface area contributed by atoms with Crippen LogP contribution in [-0.4, -0.2) is 28.4 Å². The first-order valence-electron chi connectivity index (χ1n) is 9.67. The Labute approximate surface area is 181 Å². The number of nitrogens with zero attached hydrogens (tertiary/aromatic N) is 1. The quantitative estimate of drug-likeness (QED) is 0.656. The first-order chi connectivity index (χ1) is 14.2. The number of carbonyl (C=O) groups is 1. The highest BCUT2D eigenvalue weighted by atomic mass is 32.2. The van der Waals surface area contributed by atoms with Gasteiger partial charge in [0, 0.05) is 36.8 Å². The third-order valence-corrected chi connectivity index (χ3v) is 8.17. The minimum absolute atomic E-state index is 0.0615. The molecule has 0 radical (unpaired) electrons. The number of nitrogens with one attached hydrogen (secondary N) is 1. The Bertz CT molecular complexity index is 1240. The predicted octanol–water partition coefficient (Wildman–Crippen LogP) is 4.32. The normalized spacial score (nSPS) is 14.0. The standard InChI is InChI=1S/C23H24N2O3S2/c1-14-9-15(2)21-20(10-14)30(27,28)13-17-11-19(29-22(17)21)23(26)24-12-16-5-7-18(8-6-16)25(3)4/h5-11H,12-13H2,1-4H3,(H,24,26). The van der Waals surface area contributed by atoms with Gasteiger partial charge in [-0.25, -0.2) is 8.42 Å². The highest BCUT2D eigenvalue weighted by molar-refractivity contribution is 7.91. The molecule has 2 aromatic carbocycles. The fraction of sp³-hybridized carbons (Fsp3) is 0.261. The fourth-order valence-electron chi connectivity index (χ4n) is 3.79. The van der Waals surface area contributed by atoms with E-state index in [4.69, 9.17) is 0 Å². The Morgan fingerprint density at radius 2 is 1.80 bits per heavy atom. The van der Waals surface area contributed by atoms with Crippen LogP contribution in [0.1, 0.15) is 31.9 Å². The van der Waals surface area contributed by atoms with Gasteiger partial charge in [0.2, 0.25) is 0 Å². The van der Waals surface area contributed by atoms with Crippen molar-refractivity contribution in [2.24, 2.45) is 0 Å². The van der Waals surface area contributed by atoms with Crippen molar-refractivity contribution in [3.63, 3.8) is 0 Å². The van der Waals surface area contributed by atoms with Gasteiger partial charge >= 0.3 is 0 Å². The SMILES string of the molecule is Cc1cc(C)c2c(c1)S(=O)(=O)Cc1cc(C(=O)NCc3ccc(N(C)C)cc3)sc1-2. The number of thiophene rings is 1. The maximum Gasteiger partial charge on any atom is 0.261 e. The monoisotopic (exact) mass is 440 g/mol. The zero-order valence-electron chi connectivity index (χ0n) is 17.4. The van der Waals surface area contributed by atoms with Crippen molar-refractivity contribution in [1.29, 1.82) is 0 Å². The Morgan fingerprint density at radius 3 is 2.47 bits per heavy atom. The molecule has 2 heterocycles. The molecule has 0 aliphatic carbocycles. The lowest BCUT2D eigenvalue weighted by molar-refractivity contribution is 0.0955. The second kappa shape index (κ2) is 7.56. The average Bonchev–Trinajstić information content (AvgIpc) is 3.09. The van der Waals surface area contributed by atoms with Crippen molar-refractivity contribution < 1.29 is 13.2 Å². The third kappa shape index (κ3) is 3.75. The van der Waals surface area contributed by atoms with Crippen LogP contribution in [0.2, 0.25) is 0 Å². The van der Waals surface area contributed by atoms with E-state index in [2.05, 4.69) is 5.32 Å². The lowest BCUT2D eigenvalue weighted by Crippen LogP contribution is -2.21. The fourth-order valence-corrected chi connectivity index (χ4v) is 6.90. The Hall–Kier alpha value is -2.64. The molecule has 0 spiro atoms. The molecule has 0 fully saturated rings. The van der Waals surface area contributed by atoms with Gasteiger partial charge in [-0.05, 0) is 60.4 Å². The van der Waals surface area contributed by atoms with Gasteiger partial charge in [0.1, 0.15) is 0 Å². The summed E-state index contributed by atoms with van der Waals surface area (Å²) in [4.78, 5) is 16.6. The molecule has 0 unspecified atom stereocenters. The van der Waals surface area contributed by atoms with Crippen molar-refractivity contribution in [3.05, 3.63) is 69.6 Å². The summed E-state index contributed by atoms with van der Waals surface area (Å²) >= 11 is 1.37. The van der Waals surface area contributed by atoms with E-state index in [1.165, 1.54) is 11.3 Å². The molecule has 0 saturated heterocycles. The molecular weight excluding hydrogens is 416 g/mol. The van der Waals surface area contributed by atoms with Gasteiger partial charge in [0.05, 0.1) is 15.5 Å². The molecule has 1 amide bonds. The van der Waals surface area contributed by atoms with Crippen molar-refractivity contribution in [3.8, 4) is 10.4 Å². The molecule has 1 aromatic heterocycles. The zero-order chi connectivity index (χ0) is 21.6. The van der Waals surface area contributed by atoms with E-state index in [9.17, 15) is 13.2 Å². The number of fused-ring (bicyclic) bond motifs is 3. The number of rotatable bonds is 4. The minimum Gasteiger partial charge on any atom is -0.378 e. The molecule has 4 rings (SSSR count). The van der Waals surface area contributed by atoms with E-state index in [-0.39, 0.29) is 11.7 Å². The molecule has 7 heteroatoms. The Balaban J connectivity index is 1.59. The number of anilines is 1. The van der Waals surface area contributed by atoms with Gasteiger partial charge in [-0.3, -0.25) is 4.79 Å². The van der Waals surface area contributed by atoms with Crippen LogP contribution in [0.25, 0.3) is 10.4 Å². The number of amides is 1. The van der Waals surface area contributed by atoms with E-state index < -0.39 is 9.84 Å². The van der Waals surface area contributed by atoms with E-state index in [0.29, 0.717) is 21.9 Å². The summed E-state index contributed by atoms with van der Waals surface area (Å²) in [5, 5.41) is 2.95. The zero-order valence-corrected chi connectivity index (χ0v) is 19.1. The number of sulfone groups is 1. The van der Waals surface area contributed by atoms with Gasteiger partial charge in [-0.15, -0.1) is 11.3 Å². The summed E-state index contributed by atoms with van der Waals surface area (Å²) in [6, 6.07) is 13.4. The van der Waals surface area contributed by atoms with Gasteiger partial charge in [-0.1, -0.05) is 18.2 Å². The predicted molar refractivity (Wildman–Crippen MR) is 122 cm³/mol. The first-order valence-corrected chi connectivity index (χ1v) is 12.1. The summed E-state index contributed by atoms with van der Waals surface area (Å²) in [6.45, 7) is 4.24. The average molecular weight is 441 g/mol. The molecular formula is C23H24N2O3S2. The molecule has 0 bridgehead atoms. The van der Waals surface area contributed by atoms with Crippen LogP contribution in [0.3, 0.4) is 0 Å². The molecule has 1 aliphatic rings. The molecule has 1 N–H and O–H groups in total. The van der Waals surface area contributed by atoms with Crippen molar-refractivity contribution >= 4 is 32.8 Å². The van der Waals surface area contributed by atoms with Gasteiger partial charge in [0.25, 0.3) is 5.91 Å². The van der Waals surface area contributed by atoms with Gasteiger partial charge in [0.15, 0.2) is 9.84 Å². The second-order valence-electron chi connectivity index (χ2n) is 7.92. The van der Waals surface area contributed by atoms with E-state index >= 15 is 0 Å². The van der Waals surface area contributed by atoms with Crippen LogP contribution >= 0.6 is 11.3 Å². The molecule has 5 nitrogen and oxygen atoms in total. The van der Waals surface area contributed by atoms with Crippen LogP contribution in [0.5, 0.6) is 0 Å². The molecule has 30 heavy (non-hydrogen) atoms. The summed E-state index contributed by atoms with van der Waals surface area (Å²) in [7, 11) is 0.557. The number of carbonyl (C=O) groups excluding carboxylic acids is 1. The molecule has 3 aromatic rings. The van der Waals surface area contributed by atoms with Gasteiger partial charge in [-0.2, -0.15) is 0 Å². The Morgan fingerprint density at radius 1 is 1.10 bits per heavy atom. The largest absolute Gasteiger partial charge is 0.378 e. The number of hydrogen-bond donors (Lipinski definition) is 1.